The summed E-state index contributed by atoms with van der Waals surface area (Å²) < 4.78 is 33.1. The first kappa shape index (κ1) is 16.3. The van der Waals surface area contributed by atoms with Crippen molar-refractivity contribution in [2.45, 2.75) is 40.5 Å². The van der Waals surface area contributed by atoms with Crippen LogP contribution in [0.25, 0.3) is 10.9 Å². The lowest BCUT2D eigenvalue weighted by atomic mass is 10.1. The fourth-order valence-corrected chi connectivity index (χ4v) is 2.36. The number of hydrogen-bond donors (Lipinski definition) is 0. The first-order valence-corrected chi connectivity index (χ1v) is 7.33. The number of fused-ring (bicyclic) bond motifs is 1. The highest BCUT2D eigenvalue weighted by molar-refractivity contribution is 5.90. The number of ether oxygens (including phenoxy) is 1. The fourth-order valence-electron chi connectivity index (χ4n) is 2.36. The normalized spacial score (nSPS) is 11.2. The molecule has 3 nitrogen and oxygen atoms in total. The van der Waals surface area contributed by atoms with E-state index in [4.69, 9.17) is 4.74 Å². The summed E-state index contributed by atoms with van der Waals surface area (Å²) in [6.07, 6.45) is 0.817. The zero-order chi connectivity index (χ0) is 16.4. The van der Waals surface area contributed by atoms with E-state index in [2.05, 4.69) is 4.98 Å². The van der Waals surface area contributed by atoms with E-state index in [-0.39, 0.29) is 29.0 Å². The standard InChI is InChI=1S/C17H19F2NO2/c1-5-12-10(4)17(22-14(21)8-9(2)3)15-13(20-12)7-6-11(18)16(15)19/h6-7,9H,5,8H2,1-4H3. The molecule has 0 atom stereocenters. The monoisotopic (exact) mass is 307 g/mol. The summed E-state index contributed by atoms with van der Waals surface area (Å²) in [5.41, 5.74) is 1.55. The van der Waals surface area contributed by atoms with Gasteiger partial charge >= 0.3 is 5.97 Å². The van der Waals surface area contributed by atoms with Crippen molar-refractivity contribution in [1.29, 1.82) is 0 Å². The van der Waals surface area contributed by atoms with Gasteiger partial charge < -0.3 is 4.74 Å². The number of rotatable bonds is 4. The Balaban J connectivity index is 2.65. The molecule has 0 amide bonds. The first-order chi connectivity index (χ1) is 10.3. The largest absolute Gasteiger partial charge is 0.425 e. The molecule has 0 spiro atoms. The molecule has 0 aliphatic rings. The summed E-state index contributed by atoms with van der Waals surface area (Å²) in [4.78, 5) is 16.3. The van der Waals surface area contributed by atoms with Crippen molar-refractivity contribution in [3.05, 3.63) is 35.0 Å². The molecule has 22 heavy (non-hydrogen) atoms. The molecule has 2 rings (SSSR count). The van der Waals surface area contributed by atoms with Gasteiger partial charge in [0.25, 0.3) is 0 Å². The Hall–Kier alpha value is -2.04. The molecule has 1 aromatic carbocycles. The molecule has 0 radical (unpaired) electrons. The van der Waals surface area contributed by atoms with Crippen molar-refractivity contribution in [1.82, 2.24) is 4.98 Å². The molecular weight excluding hydrogens is 288 g/mol. The van der Waals surface area contributed by atoms with Gasteiger partial charge in [-0.15, -0.1) is 0 Å². The van der Waals surface area contributed by atoms with Crippen LogP contribution in [0.5, 0.6) is 5.75 Å². The third kappa shape index (κ3) is 3.08. The summed E-state index contributed by atoms with van der Waals surface area (Å²) in [7, 11) is 0. The molecule has 5 heteroatoms. The molecule has 0 N–H and O–H groups in total. The number of esters is 1. The molecule has 0 saturated carbocycles. The van der Waals surface area contributed by atoms with Crippen LogP contribution in [0.1, 0.15) is 38.4 Å². The van der Waals surface area contributed by atoms with Gasteiger partial charge in [-0.25, -0.2) is 8.78 Å². The van der Waals surface area contributed by atoms with Gasteiger partial charge in [0.05, 0.1) is 10.9 Å². The van der Waals surface area contributed by atoms with Gasteiger partial charge in [0, 0.05) is 17.7 Å². The van der Waals surface area contributed by atoms with Gasteiger partial charge in [0.15, 0.2) is 11.6 Å². The number of nitrogens with zero attached hydrogens (tertiary/aromatic N) is 1. The van der Waals surface area contributed by atoms with Crippen LogP contribution < -0.4 is 4.74 Å². The summed E-state index contributed by atoms with van der Waals surface area (Å²) in [5, 5.41) is -0.0770. The van der Waals surface area contributed by atoms with Crippen LogP contribution in [0.3, 0.4) is 0 Å². The summed E-state index contributed by atoms with van der Waals surface area (Å²) >= 11 is 0. The predicted molar refractivity (Wildman–Crippen MR) is 80.9 cm³/mol. The van der Waals surface area contributed by atoms with E-state index >= 15 is 0 Å². The van der Waals surface area contributed by atoms with Crippen LogP contribution in [0.4, 0.5) is 8.78 Å². The average Bonchev–Trinajstić information content (AvgIpc) is 2.44. The molecule has 2 aromatic rings. The second-order valence-electron chi connectivity index (χ2n) is 5.69. The molecule has 118 valence electrons. The van der Waals surface area contributed by atoms with Gasteiger partial charge in [0.2, 0.25) is 0 Å². The van der Waals surface area contributed by atoms with Crippen LogP contribution in [-0.2, 0) is 11.2 Å². The Labute approximate surface area is 128 Å². The lowest BCUT2D eigenvalue weighted by molar-refractivity contribution is -0.135. The molecule has 0 aliphatic carbocycles. The Kier molecular flexibility index (Phi) is 4.74. The topological polar surface area (TPSA) is 39.2 Å². The molecule has 1 aromatic heterocycles. The number of hydrogen-bond acceptors (Lipinski definition) is 3. The number of aromatic nitrogens is 1. The van der Waals surface area contributed by atoms with E-state index in [0.717, 1.165) is 6.07 Å². The van der Waals surface area contributed by atoms with Crippen LogP contribution in [0, 0.1) is 24.5 Å². The maximum Gasteiger partial charge on any atom is 0.311 e. The summed E-state index contributed by atoms with van der Waals surface area (Å²) in [6.45, 7) is 7.38. The highest BCUT2D eigenvalue weighted by Gasteiger charge is 2.20. The zero-order valence-electron chi connectivity index (χ0n) is 13.2. The molecule has 0 saturated heterocycles. The van der Waals surface area contributed by atoms with E-state index < -0.39 is 17.6 Å². The quantitative estimate of drug-likeness (QED) is 0.789. The highest BCUT2D eigenvalue weighted by atomic mass is 19.2. The maximum atomic E-state index is 14.2. The molecule has 1 heterocycles. The van der Waals surface area contributed by atoms with Gasteiger partial charge in [-0.05, 0) is 31.4 Å². The first-order valence-electron chi connectivity index (χ1n) is 7.33. The van der Waals surface area contributed by atoms with Crippen molar-refractivity contribution < 1.29 is 18.3 Å². The van der Waals surface area contributed by atoms with E-state index in [9.17, 15) is 13.6 Å². The lowest BCUT2D eigenvalue weighted by Crippen LogP contribution is -2.13. The SMILES string of the molecule is CCc1nc2ccc(F)c(F)c2c(OC(=O)CC(C)C)c1C. The van der Waals surface area contributed by atoms with Gasteiger partial charge in [-0.3, -0.25) is 9.78 Å². The Morgan fingerprint density at radius 3 is 2.59 bits per heavy atom. The van der Waals surface area contributed by atoms with Crippen molar-refractivity contribution in [2.24, 2.45) is 5.92 Å². The van der Waals surface area contributed by atoms with Gasteiger partial charge in [0.1, 0.15) is 5.75 Å². The number of carbonyl (C=O) groups excluding carboxylic acids is 1. The van der Waals surface area contributed by atoms with E-state index in [1.807, 2.05) is 20.8 Å². The van der Waals surface area contributed by atoms with E-state index in [0.29, 0.717) is 17.7 Å². The molecule has 0 fully saturated rings. The zero-order valence-corrected chi connectivity index (χ0v) is 13.2. The Morgan fingerprint density at radius 2 is 2.00 bits per heavy atom. The fraction of sp³-hybridized carbons (Fsp3) is 0.412. The average molecular weight is 307 g/mol. The second kappa shape index (κ2) is 6.38. The minimum atomic E-state index is -1.04. The van der Waals surface area contributed by atoms with Crippen LogP contribution in [0.15, 0.2) is 12.1 Å². The predicted octanol–water partition coefficient (Wildman–Crippen LogP) is 4.34. The van der Waals surface area contributed by atoms with Crippen LogP contribution in [-0.4, -0.2) is 11.0 Å². The molecular formula is C17H19F2NO2. The number of aryl methyl sites for hydroxylation is 1. The number of carbonyl (C=O) groups is 1. The highest BCUT2D eigenvalue weighted by Crippen LogP contribution is 2.34. The molecule has 0 unspecified atom stereocenters. The summed E-state index contributed by atoms with van der Waals surface area (Å²) in [6, 6.07) is 2.42. The van der Waals surface area contributed by atoms with E-state index in [1.54, 1.807) is 6.92 Å². The van der Waals surface area contributed by atoms with Gasteiger partial charge in [-0.1, -0.05) is 20.8 Å². The Morgan fingerprint density at radius 1 is 1.32 bits per heavy atom. The third-order valence-corrected chi connectivity index (χ3v) is 3.45. The van der Waals surface area contributed by atoms with Gasteiger partial charge in [-0.2, -0.15) is 0 Å². The smallest absolute Gasteiger partial charge is 0.311 e. The van der Waals surface area contributed by atoms with Crippen LogP contribution in [0.2, 0.25) is 0 Å². The second-order valence-corrected chi connectivity index (χ2v) is 5.69. The van der Waals surface area contributed by atoms with Crippen molar-refractivity contribution in [3.63, 3.8) is 0 Å². The third-order valence-electron chi connectivity index (χ3n) is 3.45. The maximum absolute atomic E-state index is 14.2. The lowest BCUT2D eigenvalue weighted by Gasteiger charge is -2.15. The number of pyridine rings is 1. The van der Waals surface area contributed by atoms with Crippen molar-refractivity contribution in [2.75, 3.05) is 0 Å². The van der Waals surface area contributed by atoms with E-state index in [1.165, 1.54) is 6.07 Å². The van der Waals surface area contributed by atoms with Crippen molar-refractivity contribution >= 4 is 16.9 Å². The molecule has 0 aliphatic heterocycles. The number of halogens is 2. The number of benzene rings is 1. The van der Waals surface area contributed by atoms with Crippen LogP contribution >= 0.6 is 0 Å². The summed E-state index contributed by atoms with van der Waals surface area (Å²) in [5.74, 6) is -2.30. The van der Waals surface area contributed by atoms with Crippen molar-refractivity contribution in [3.8, 4) is 5.75 Å². The Bertz CT molecular complexity index is 726. The minimum absolute atomic E-state index is 0.0736. The minimum Gasteiger partial charge on any atom is -0.425 e. The molecule has 0 bridgehead atoms.